The van der Waals surface area contributed by atoms with Crippen LogP contribution < -0.4 is 23.7 Å². The Balaban J connectivity index is 1.61. The summed E-state index contributed by atoms with van der Waals surface area (Å²) in [6.07, 6.45) is 1.29. The Morgan fingerprint density at radius 2 is 1.30 bits per heavy atom. The van der Waals surface area contributed by atoms with Gasteiger partial charge in [-0.25, -0.2) is 0 Å². The number of piperazine rings is 1. The van der Waals surface area contributed by atoms with E-state index in [-0.39, 0.29) is 36.1 Å². The minimum atomic E-state index is -0.102. The van der Waals surface area contributed by atoms with Gasteiger partial charge in [0.15, 0.2) is 23.0 Å². The molecule has 4 aliphatic rings. The van der Waals surface area contributed by atoms with E-state index in [0.29, 0.717) is 35.8 Å². The quantitative estimate of drug-likeness (QED) is 0.649. The van der Waals surface area contributed by atoms with E-state index < -0.39 is 0 Å². The summed E-state index contributed by atoms with van der Waals surface area (Å²) in [5.41, 5.74) is 5.73. The van der Waals surface area contributed by atoms with Crippen LogP contribution in [0.5, 0.6) is 34.5 Å². The molecule has 0 spiro atoms. The lowest BCUT2D eigenvalue weighted by molar-refractivity contribution is -0.131. The molecule has 4 aliphatic heterocycles. The third-order valence-electron chi connectivity index (χ3n) is 9.08. The Morgan fingerprint density at radius 1 is 0.730 bits per heavy atom. The zero-order chi connectivity index (χ0) is 26.3. The number of methoxy groups -OCH3 is 5. The van der Waals surface area contributed by atoms with Crippen molar-refractivity contribution in [2.24, 2.45) is 0 Å². The maximum absolute atomic E-state index is 11.4. The second-order valence-corrected chi connectivity index (χ2v) is 10.4. The minimum Gasteiger partial charge on any atom is -0.507 e. The maximum atomic E-state index is 11.4. The van der Waals surface area contributed by atoms with Gasteiger partial charge in [-0.2, -0.15) is 0 Å². The monoisotopic (exact) mass is 512 g/mol. The molecule has 2 aromatic rings. The smallest absolute Gasteiger partial charge is 0.167 e. The largest absolute Gasteiger partial charge is 0.507 e. The van der Waals surface area contributed by atoms with Crippen molar-refractivity contribution >= 4 is 0 Å². The van der Waals surface area contributed by atoms with Crippen LogP contribution in [0.25, 0.3) is 0 Å². The molecule has 6 rings (SSSR count). The van der Waals surface area contributed by atoms with Crippen LogP contribution in [0.4, 0.5) is 0 Å². The number of phenols is 1. The number of fused-ring (bicyclic) bond motifs is 8. The Bertz CT molecular complexity index is 1280. The van der Waals surface area contributed by atoms with Crippen molar-refractivity contribution < 1.29 is 33.5 Å². The average Bonchev–Trinajstić information content (AvgIpc) is 3.33. The topological polar surface area (TPSA) is 82.1 Å². The van der Waals surface area contributed by atoms with E-state index in [9.17, 15) is 5.11 Å². The van der Waals surface area contributed by atoms with Crippen LogP contribution in [-0.4, -0.2) is 82.4 Å². The molecule has 9 nitrogen and oxygen atoms in total. The third-order valence-corrected chi connectivity index (χ3v) is 9.08. The Morgan fingerprint density at radius 3 is 1.92 bits per heavy atom. The molecular formula is C28H36N2O7. The lowest BCUT2D eigenvalue weighted by Gasteiger charge is -2.58. The van der Waals surface area contributed by atoms with Crippen molar-refractivity contribution in [1.29, 1.82) is 0 Å². The van der Waals surface area contributed by atoms with Crippen LogP contribution >= 0.6 is 0 Å². The van der Waals surface area contributed by atoms with E-state index >= 15 is 0 Å². The van der Waals surface area contributed by atoms with E-state index in [0.717, 1.165) is 45.7 Å². The molecule has 0 radical (unpaired) electrons. The predicted molar refractivity (Wildman–Crippen MR) is 137 cm³/mol. The highest BCUT2D eigenvalue weighted by atomic mass is 16.5. The normalized spacial score (nSPS) is 27.7. The van der Waals surface area contributed by atoms with Gasteiger partial charge in [-0.15, -0.1) is 0 Å². The van der Waals surface area contributed by atoms with Crippen LogP contribution in [0.1, 0.15) is 45.5 Å². The molecule has 37 heavy (non-hydrogen) atoms. The molecule has 0 saturated carbocycles. The zero-order valence-electron chi connectivity index (χ0n) is 22.8. The van der Waals surface area contributed by atoms with Crippen molar-refractivity contribution in [2.45, 2.75) is 57.1 Å². The van der Waals surface area contributed by atoms with Gasteiger partial charge in [-0.05, 0) is 33.7 Å². The van der Waals surface area contributed by atoms with Crippen molar-refractivity contribution in [1.82, 2.24) is 9.80 Å². The Kier molecular flexibility index (Phi) is 5.67. The highest BCUT2D eigenvalue weighted by Crippen LogP contribution is 2.60. The van der Waals surface area contributed by atoms with Gasteiger partial charge < -0.3 is 33.5 Å². The third kappa shape index (κ3) is 2.96. The van der Waals surface area contributed by atoms with Crippen LogP contribution in [0.3, 0.4) is 0 Å². The van der Waals surface area contributed by atoms with E-state index in [4.69, 9.17) is 28.4 Å². The predicted octanol–water partition coefficient (Wildman–Crippen LogP) is 3.29. The van der Waals surface area contributed by atoms with Crippen molar-refractivity contribution in [3.05, 3.63) is 33.4 Å². The molecule has 2 unspecified atom stereocenters. The van der Waals surface area contributed by atoms with Crippen LogP contribution in [0.2, 0.25) is 0 Å². The first-order chi connectivity index (χ1) is 17.8. The highest BCUT2D eigenvalue weighted by molar-refractivity contribution is 5.67. The first-order valence-electron chi connectivity index (χ1n) is 12.7. The van der Waals surface area contributed by atoms with E-state index in [1.54, 1.807) is 35.5 Å². The molecular weight excluding hydrogens is 476 g/mol. The van der Waals surface area contributed by atoms with Gasteiger partial charge >= 0.3 is 0 Å². The standard InChI is InChI=1S/C28H36N2O7/c1-12-22(31)14-9-16-21-20-15(23(32-4)13(2)25(34-6)27(20)36-8)10-17(29(21)3)28-30(16)18(11-37-28)19(14)26(35-7)24(12)33-5/h16-18,21,28,31H,9-11H2,1-8H3/t16?,17-,18-,21-,28?/m0/s1. The van der Waals surface area contributed by atoms with Gasteiger partial charge in [0.1, 0.15) is 17.7 Å². The van der Waals surface area contributed by atoms with Gasteiger partial charge in [0, 0.05) is 39.4 Å². The molecule has 200 valence electrons. The molecule has 4 heterocycles. The fraction of sp³-hybridized carbons (Fsp3) is 0.571. The molecule has 2 bridgehead atoms. The molecule has 1 N–H and O–H groups in total. The van der Waals surface area contributed by atoms with E-state index in [1.807, 2.05) is 13.8 Å². The molecule has 0 amide bonds. The summed E-state index contributed by atoms with van der Waals surface area (Å²) in [6.45, 7) is 4.40. The molecule has 9 heteroatoms. The van der Waals surface area contributed by atoms with Gasteiger partial charge in [0.25, 0.3) is 0 Å². The number of hydrogen-bond donors (Lipinski definition) is 1. The maximum Gasteiger partial charge on any atom is 0.167 e. The second kappa shape index (κ2) is 8.58. The van der Waals surface area contributed by atoms with Gasteiger partial charge in [-0.1, -0.05) is 0 Å². The first-order valence-corrected chi connectivity index (χ1v) is 12.7. The molecule has 2 saturated heterocycles. The van der Waals surface area contributed by atoms with E-state index in [1.165, 1.54) is 0 Å². The number of hydrogen-bond acceptors (Lipinski definition) is 9. The summed E-state index contributed by atoms with van der Waals surface area (Å²) in [7, 11) is 10.5. The lowest BCUT2D eigenvalue weighted by Crippen LogP contribution is -2.66. The van der Waals surface area contributed by atoms with Crippen molar-refractivity contribution in [3.8, 4) is 34.5 Å². The van der Waals surface area contributed by atoms with Crippen molar-refractivity contribution in [2.75, 3.05) is 49.2 Å². The SMILES string of the molecule is COc1c(C)c(OC)c(OC)c2c1C[C@H]1C3OC[C@H]4c5c(c(O)c(C)c(OC)c5OC)CC([C@@H]2N1C)N34. The van der Waals surface area contributed by atoms with Crippen LogP contribution in [0.15, 0.2) is 0 Å². The summed E-state index contributed by atoms with van der Waals surface area (Å²) in [4.78, 5) is 4.92. The number of benzene rings is 2. The van der Waals surface area contributed by atoms with Crippen LogP contribution in [-0.2, 0) is 17.6 Å². The fourth-order valence-corrected chi connectivity index (χ4v) is 7.64. The zero-order valence-corrected chi connectivity index (χ0v) is 22.8. The summed E-state index contributed by atoms with van der Waals surface area (Å²) < 4.78 is 36.0. The fourth-order valence-electron chi connectivity index (χ4n) is 7.64. The lowest BCUT2D eigenvalue weighted by atomic mass is 9.73. The Labute approximate surface area is 217 Å². The van der Waals surface area contributed by atoms with E-state index in [2.05, 4.69) is 16.8 Å². The number of rotatable bonds is 5. The number of phenolic OH excluding ortho intramolecular Hbond substituents is 1. The van der Waals surface area contributed by atoms with Crippen molar-refractivity contribution in [3.63, 3.8) is 0 Å². The Hall–Kier alpha value is -2.88. The molecule has 2 fully saturated rings. The van der Waals surface area contributed by atoms with Gasteiger partial charge in [0.2, 0.25) is 0 Å². The highest BCUT2D eigenvalue weighted by Gasteiger charge is 2.59. The summed E-state index contributed by atoms with van der Waals surface area (Å²) in [5, 5.41) is 11.4. The average molecular weight is 513 g/mol. The second-order valence-electron chi connectivity index (χ2n) is 10.4. The molecule has 2 aromatic carbocycles. The molecule has 0 aliphatic carbocycles. The number of ether oxygens (including phenoxy) is 6. The summed E-state index contributed by atoms with van der Waals surface area (Å²) in [6, 6.07) is 0.0708. The number of likely N-dealkylation sites (N-methyl/N-ethyl adjacent to an activating group) is 1. The first kappa shape index (κ1) is 24.5. The van der Waals surface area contributed by atoms with Gasteiger partial charge in [-0.3, -0.25) is 9.80 Å². The molecule has 0 aromatic heterocycles. The minimum absolute atomic E-state index is 0.0199. The number of nitrogens with zero attached hydrogens (tertiary/aromatic N) is 2. The summed E-state index contributed by atoms with van der Waals surface area (Å²) in [5.74, 6) is 3.82. The number of aromatic hydroxyl groups is 1. The molecule has 5 atom stereocenters. The van der Waals surface area contributed by atoms with Crippen LogP contribution in [0, 0.1) is 13.8 Å². The van der Waals surface area contributed by atoms with Gasteiger partial charge in [0.05, 0.1) is 60.3 Å². The summed E-state index contributed by atoms with van der Waals surface area (Å²) >= 11 is 0.